The first-order chi connectivity index (χ1) is 33.9. The number of aromatic amines is 1. The normalized spacial score (nSPS) is 22.9. The molecule has 2 aliphatic heterocycles. The van der Waals surface area contributed by atoms with Crippen LogP contribution in [0.15, 0.2) is 71.9 Å². The number of halogens is 1. The third-order valence-corrected chi connectivity index (χ3v) is 16.7. The van der Waals surface area contributed by atoms with Gasteiger partial charge < -0.3 is 34.5 Å². The minimum absolute atomic E-state index is 0.0262. The van der Waals surface area contributed by atoms with E-state index in [1.54, 1.807) is 26.0 Å². The number of nitrogens with zero attached hydrogens (tertiary/aromatic N) is 5. The number of hydrogen-bond donors (Lipinski definition) is 4. The number of carbonyl (C=O) groups excluding carboxylic acids is 1. The van der Waals surface area contributed by atoms with E-state index >= 15 is 4.39 Å². The summed E-state index contributed by atoms with van der Waals surface area (Å²) >= 11 is 0. The first-order valence-electron chi connectivity index (χ1n) is 24.8. The number of amides is 1. The maximum atomic E-state index is 15.0. The number of aromatic nitrogens is 3. The van der Waals surface area contributed by atoms with Crippen LogP contribution in [-0.2, 0) is 14.8 Å². The van der Waals surface area contributed by atoms with Gasteiger partial charge in [-0.25, -0.2) is 22.5 Å². The first-order valence-corrected chi connectivity index (χ1v) is 26.3. The van der Waals surface area contributed by atoms with Crippen molar-refractivity contribution in [2.24, 2.45) is 11.3 Å². The second-order valence-corrected chi connectivity index (χ2v) is 22.5. The molecule has 2 aliphatic carbocycles. The molecule has 17 nitrogen and oxygen atoms in total. The second kappa shape index (κ2) is 20.3. The molecule has 2 saturated carbocycles. The van der Waals surface area contributed by atoms with E-state index in [9.17, 15) is 28.4 Å². The van der Waals surface area contributed by atoms with E-state index in [2.05, 4.69) is 72.9 Å². The Balaban J connectivity index is 0.951. The van der Waals surface area contributed by atoms with Crippen LogP contribution in [0.5, 0.6) is 17.4 Å². The Hall–Kier alpha value is -5.89. The molecule has 380 valence electrons. The summed E-state index contributed by atoms with van der Waals surface area (Å²) in [6, 6.07) is 16.6. The summed E-state index contributed by atoms with van der Waals surface area (Å²) in [7, 11) is -3.22. The van der Waals surface area contributed by atoms with Gasteiger partial charge in [0.1, 0.15) is 28.7 Å². The highest BCUT2D eigenvalue weighted by Crippen LogP contribution is 2.49. The largest absolute Gasteiger partial charge is 0.472 e. The number of nitrogens with one attached hydrogen (secondary N) is 3. The molecule has 0 unspecified atom stereocenters. The molecule has 2 saturated heterocycles. The molecule has 0 radical (unpaired) electrons. The number of fused-ring (bicyclic) bond motifs is 1. The summed E-state index contributed by atoms with van der Waals surface area (Å²) in [4.78, 5) is 41.4. The summed E-state index contributed by atoms with van der Waals surface area (Å²) < 4.78 is 62.7. The number of likely N-dealkylation sites (tertiary alicyclic amines) is 1. The maximum absolute atomic E-state index is 15.0. The lowest BCUT2D eigenvalue weighted by molar-refractivity contribution is -0.384. The molecule has 5 aromatic rings. The zero-order valence-corrected chi connectivity index (χ0v) is 41.9. The van der Waals surface area contributed by atoms with Crippen LogP contribution < -0.4 is 24.4 Å². The second-order valence-electron chi connectivity index (χ2n) is 20.8. The highest BCUT2D eigenvalue weighted by Gasteiger charge is 2.49. The number of rotatable bonds is 17. The molecule has 0 bridgehead atoms. The lowest BCUT2D eigenvalue weighted by atomic mass is 9.70. The van der Waals surface area contributed by atoms with Crippen molar-refractivity contribution in [3.05, 3.63) is 99.6 Å². The number of H-pyrrole nitrogens is 1. The Morgan fingerprint density at radius 2 is 1.77 bits per heavy atom. The van der Waals surface area contributed by atoms with Crippen molar-refractivity contribution in [3.63, 3.8) is 0 Å². The predicted octanol–water partition coefficient (Wildman–Crippen LogP) is 9.04. The molecule has 71 heavy (non-hydrogen) atoms. The summed E-state index contributed by atoms with van der Waals surface area (Å²) in [5.41, 5.74) is 2.54. The van der Waals surface area contributed by atoms with E-state index in [0.29, 0.717) is 50.1 Å². The lowest BCUT2D eigenvalue weighted by Crippen LogP contribution is -2.63. The third-order valence-electron chi connectivity index (χ3n) is 15.4. The van der Waals surface area contributed by atoms with Crippen LogP contribution in [0.3, 0.4) is 0 Å². The van der Waals surface area contributed by atoms with Crippen LogP contribution >= 0.6 is 0 Å². The number of hydrogen-bond acceptors (Lipinski definition) is 14. The van der Waals surface area contributed by atoms with Crippen molar-refractivity contribution >= 4 is 44.2 Å². The number of carbonyl (C=O) groups is 1. The zero-order chi connectivity index (χ0) is 50.2. The molecule has 3 aromatic heterocycles. The number of ether oxygens (including phenoxy) is 3. The minimum Gasteiger partial charge on any atom is -0.472 e. The van der Waals surface area contributed by atoms with E-state index in [0.717, 1.165) is 63.2 Å². The zero-order valence-electron chi connectivity index (χ0n) is 41.1. The van der Waals surface area contributed by atoms with Crippen LogP contribution in [0.2, 0.25) is 0 Å². The van der Waals surface area contributed by atoms with Crippen molar-refractivity contribution in [2.75, 3.05) is 56.7 Å². The fraction of sp³-hybridized carbons (Fsp3) is 0.519. The summed E-state index contributed by atoms with van der Waals surface area (Å²) in [5.74, 6) is -0.793. The van der Waals surface area contributed by atoms with Gasteiger partial charge in [0.05, 0.1) is 33.8 Å². The average Bonchev–Trinajstić information content (AvgIpc) is 3.97. The van der Waals surface area contributed by atoms with Crippen LogP contribution in [-0.4, -0.2) is 108 Å². The monoisotopic (exact) mass is 996 g/mol. The molecule has 4 N–H and O–H groups in total. The molecule has 19 heteroatoms. The highest BCUT2D eigenvalue weighted by molar-refractivity contribution is 7.90. The van der Waals surface area contributed by atoms with Gasteiger partial charge >= 0.3 is 5.69 Å². The first kappa shape index (κ1) is 50.1. The molecule has 2 aromatic carbocycles. The molecule has 5 heterocycles. The van der Waals surface area contributed by atoms with Crippen LogP contribution in [0.25, 0.3) is 11.0 Å². The molecule has 4 aliphatic rings. The Morgan fingerprint density at radius 3 is 2.49 bits per heavy atom. The van der Waals surface area contributed by atoms with Gasteiger partial charge in [-0.1, -0.05) is 44.5 Å². The van der Waals surface area contributed by atoms with Crippen molar-refractivity contribution in [1.29, 1.82) is 0 Å². The molecule has 1 amide bonds. The number of piperidine rings is 1. The standard InChI is InChI=1S/C52H65FN8O9S/c1-32(2)37-9-6-7-10-38(37)39-11-8-12-43(39)60-30-52(31-60)19-21-59(22-20-52)35-13-14-40(45(23-35)70-46-25-41-42(53)28-56-47(41)57-50(46)69-29-33(3)68-5)49(62)58-71(66,67)36-24-44(61(64)65)48(55-27-36)54-26-34-15-17-51(4,63)18-16-34/h6-7,9-10,13-14,23-25,27-28,32-34,39,43,63H,8,11-12,15-22,26,29-31H2,1-5H3,(H,54,55)(H,56,57)(H,58,62)/t33-,34?,39+,43+,51?/m0/s1. The minimum atomic E-state index is -4.75. The molecule has 3 atom stereocenters. The highest BCUT2D eigenvalue weighted by atomic mass is 32.2. The summed E-state index contributed by atoms with van der Waals surface area (Å²) in [5, 5.41) is 25.6. The van der Waals surface area contributed by atoms with E-state index in [-0.39, 0.29) is 63.8 Å². The van der Waals surface area contributed by atoms with E-state index in [1.165, 1.54) is 49.6 Å². The SMILES string of the molecule is CO[C@@H](C)COc1nc2[nH]cc(F)c2cc1Oc1cc(N2CCC3(CC2)CN([C@@H]2CCC[C@@H]2c2ccccc2C(C)C)C3)ccc1C(=O)NS(=O)(=O)c1cnc(NCC2CCC(C)(O)CC2)c([N+](=O)[O-])c1. The lowest BCUT2D eigenvalue weighted by Gasteiger charge is -2.57. The van der Waals surface area contributed by atoms with Crippen LogP contribution in [0, 0.1) is 27.3 Å². The van der Waals surface area contributed by atoms with Crippen molar-refractivity contribution in [3.8, 4) is 17.4 Å². The van der Waals surface area contributed by atoms with Gasteiger partial charge in [-0.15, -0.1) is 0 Å². The number of benzene rings is 2. The third kappa shape index (κ3) is 10.8. The smallest absolute Gasteiger partial charge is 0.312 e. The Kier molecular flexibility index (Phi) is 14.3. The van der Waals surface area contributed by atoms with E-state index < -0.39 is 42.9 Å². The predicted molar refractivity (Wildman–Crippen MR) is 268 cm³/mol. The number of nitro groups is 1. The van der Waals surface area contributed by atoms with Gasteiger partial charge in [-0.2, -0.15) is 4.98 Å². The van der Waals surface area contributed by atoms with Crippen molar-refractivity contribution < 1.29 is 41.8 Å². The fourth-order valence-corrected chi connectivity index (χ4v) is 12.0. The van der Waals surface area contributed by atoms with Gasteiger partial charge in [0.15, 0.2) is 5.75 Å². The van der Waals surface area contributed by atoms with Crippen LogP contribution in [0.4, 0.5) is 21.6 Å². The average molecular weight is 997 g/mol. The summed E-state index contributed by atoms with van der Waals surface area (Å²) in [6.45, 7) is 12.1. The number of aliphatic hydroxyl groups is 1. The van der Waals surface area contributed by atoms with Gasteiger partial charge in [-0.3, -0.25) is 19.8 Å². The van der Waals surface area contributed by atoms with E-state index in [4.69, 9.17) is 14.2 Å². The Morgan fingerprint density at radius 1 is 1.03 bits per heavy atom. The van der Waals surface area contributed by atoms with Gasteiger partial charge in [0.25, 0.3) is 21.8 Å². The Labute approximate surface area is 414 Å². The molecule has 9 rings (SSSR count). The number of pyridine rings is 2. The molecular weight excluding hydrogens is 932 g/mol. The van der Waals surface area contributed by atoms with Gasteiger partial charge in [0, 0.05) is 76.0 Å². The molecular formula is C52H65FN8O9S. The Bertz CT molecular complexity index is 2870. The van der Waals surface area contributed by atoms with Crippen molar-refractivity contribution in [1.82, 2.24) is 24.6 Å². The fourth-order valence-electron chi connectivity index (χ4n) is 11.1. The van der Waals surface area contributed by atoms with Crippen LogP contribution in [0.1, 0.15) is 119 Å². The number of anilines is 2. The molecule has 4 fully saturated rings. The topological polar surface area (TPSA) is 214 Å². The summed E-state index contributed by atoms with van der Waals surface area (Å²) in [6.07, 6.45) is 9.92. The number of sulfonamides is 1. The van der Waals surface area contributed by atoms with Crippen molar-refractivity contribution in [2.45, 2.75) is 120 Å². The maximum Gasteiger partial charge on any atom is 0.312 e. The molecule has 1 spiro atoms. The number of methoxy groups -OCH3 is 1. The van der Waals surface area contributed by atoms with Gasteiger partial charge in [-0.05, 0) is 112 Å². The quantitative estimate of drug-likeness (QED) is 0.0506. The van der Waals surface area contributed by atoms with E-state index in [1.807, 2.05) is 0 Å². The van der Waals surface area contributed by atoms with Gasteiger partial charge in [0.2, 0.25) is 5.82 Å².